The second kappa shape index (κ2) is 9.59. The minimum Gasteiger partial charge on any atom is -0.487 e. The van der Waals surface area contributed by atoms with Crippen molar-refractivity contribution in [3.63, 3.8) is 0 Å². The molecule has 0 aliphatic carbocycles. The predicted octanol–water partition coefficient (Wildman–Crippen LogP) is 6.13. The molecule has 0 spiro atoms. The molecule has 0 fully saturated rings. The fourth-order valence-corrected chi connectivity index (χ4v) is 3.34. The van der Waals surface area contributed by atoms with Crippen molar-refractivity contribution in [3.05, 3.63) is 87.9 Å². The van der Waals surface area contributed by atoms with Gasteiger partial charge in [-0.2, -0.15) is 0 Å². The maximum Gasteiger partial charge on any atom is 0.128 e. The average Bonchev–Trinajstić information content (AvgIpc) is 2.75. The number of benzene rings is 3. The van der Waals surface area contributed by atoms with Gasteiger partial charge in [0, 0.05) is 5.56 Å². The van der Waals surface area contributed by atoms with E-state index in [1.54, 1.807) is 37.3 Å². The number of aliphatic hydroxyl groups is 1. The van der Waals surface area contributed by atoms with Gasteiger partial charge >= 0.3 is 0 Å². The molecule has 0 aliphatic rings. The summed E-state index contributed by atoms with van der Waals surface area (Å²) >= 11 is 12.0. The van der Waals surface area contributed by atoms with Gasteiger partial charge in [-0.3, -0.25) is 0 Å². The maximum absolute atomic E-state index is 13.1. The van der Waals surface area contributed by atoms with E-state index in [9.17, 15) is 9.50 Å². The fraction of sp³-hybridized carbons (Fsp3) is 0.217. The first-order valence-corrected chi connectivity index (χ1v) is 9.97. The molecule has 3 unspecified atom stereocenters. The smallest absolute Gasteiger partial charge is 0.128 e. The van der Waals surface area contributed by atoms with E-state index >= 15 is 0 Å². The quantitative estimate of drug-likeness (QED) is 0.470. The molecule has 3 rings (SSSR count). The highest BCUT2D eigenvalue weighted by Crippen LogP contribution is 2.36. The zero-order chi connectivity index (χ0) is 21.0. The molecule has 3 aromatic carbocycles. The first kappa shape index (κ1) is 21.6. The molecule has 0 bridgehead atoms. The van der Waals surface area contributed by atoms with Crippen molar-refractivity contribution in [1.29, 1.82) is 0 Å². The summed E-state index contributed by atoms with van der Waals surface area (Å²) in [6, 6.07) is 19.3. The minimum atomic E-state index is -1.01. The van der Waals surface area contributed by atoms with Crippen molar-refractivity contribution in [3.8, 4) is 16.9 Å². The van der Waals surface area contributed by atoms with Crippen LogP contribution in [0.3, 0.4) is 0 Å². The summed E-state index contributed by atoms with van der Waals surface area (Å²) in [4.78, 5) is 0. The number of alkyl halides is 1. The van der Waals surface area contributed by atoms with Crippen LogP contribution in [0, 0.1) is 0 Å². The van der Waals surface area contributed by atoms with Gasteiger partial charge in [-0.1, -0.05) is 71.7 Å². The fourth-order valence-electron chi connectivity index (χ4n) is 3.03. The Morgan fingerprint density at radius 3 is 2.31 bits per heavy atom. The third-order valence-electron chi connectivity index (χ3n) is 4.65. The van der Waals surface area contributed by atoms with Crippen molar-refractivity contribution >= 4 is 23.2 Å². The van der Waals surface area contributed by atoms with E-state index in [4.69, 9.17) is 33.7 Å². The average molecular weight is 434 g/mol. The Bertz CT molecular complexity index is 968. The Hall–Kier alpha value is -2.11. The van der Waals surface area contributed by atoms with Crippen LogP contribution in [-0.2, 0) is 0 Å². The highest BCUT2D eigenvalue weighted by atomic mass is 35.5. The monoisotopic (exact) mass is 433 g/mol. The molecular weight excluding hydrogens is 412 g/mol. The largest absolute Gasteiger partial charge is 0.487 e. The van der Waals surface area contributed by atoms with E-state index in [1.165, 1.54) is 0 Å². The first-order chi connectivity index (χ1) is 13.9. The molecule has 152 valence electrons. The van der Waals surface area contributed by atoms with Crippen LogP contribution in [0.5, 0.6) is 5.75 Å². The Morgan fingerprint density at radius 2 is 1.66 bits per heavy atom. The molecule has 3 N–H and O–H groups in total. The number of nitrogens with two attached hydrogens (primary N) is 1. The molecule has 3 atom stereocenters. The lowest BCUT2D eigenvalue weighted by Crippen LogP contribution is -2.20. The number of hydrogen-bond donors (Lipinski definition) is 2. The topological polar surface area (TPSA) is 55.5 Å². The zero-order valence-electron chi connectivity index (χ0n) is 15.9. The van der Waals surface area contributed by atoms with E-state index in [0.717, 1.165) is 11.1 Å². The lowest BCUT2D eigenvalue weighted by Gasteiger charge is -2.22. The first-order valence-electron chi connectivity index (χ1n) is 9.21. The molecule has 0 aliphatic heterocycles. The van der Waals surface area contributed by atoms with E-state index < -0.39 is 24.9 Å². The Labute approximate surface area is 179 Å². The molecule has 6 heteroatoms. The molecule has 0 saturated heterocycles. The van der Waals surface area contributed by atoms with Crippen molar-refractivity contribution in [2.45, 2.75) is 25.2 Å². The number of rotatable bonds is 7. The highest BCUT2D eigenvalue weighted by Gasteiger charge is 2.22. The number of aliphatic hydroxyl groups excluding tert-OH is 1. The summed E-state index contributed by atoms with van der Waals surface area (Å²) in [5.74, 6) is 0.485. The van der Waals surface area contributed by atoms with E-state index in [-0.39, 0.29) is 0 Å². The lowest BCUT2D eigenvalue weighted by molar-refractivity contribution is 0.145. The van der Waals surface area contributed by atoms with Crippen molar-refractivity contribution in [2.24, 2.45) is 5.73 Å². The summed E-state index contributed by atoms with van der Waals surface area (Å²) in [5.41, 5.74) is 9.22. The molecule has 3 aromatic rings. The van der Waals surface area contributed by atoms with Gasteiger partial charge in [-0.05, 0) is 41.8 Å². The lowest BCUT2D eigenvalue weighted by atomic mass is 9.94. The van der Waals surface area contributed by atoms with E-state index in [1.807, 2.05) is 36.4 Å². The molecule has 0 radical (unpaired) electrons. The van der Waals surface area contributed by atoms with Crippen LogP contribution in [0.2, 0.25) is 10.0 Å². The Balaban J connectivity index is 1.96. The van der Waals surface area contributed by atoms with Crippen LogP contribution in [0.1, 0.15) is 30.2 Å². The van der Waals surface area contributed by atoms with Crippen LogP contribution in [0.25, 0.3) is 11.1 Å². The van der Waals surface area contributed by atoms with E-state index in [2.05, 4.69) is 0 Å². The summed E-state index contributed by atoms with van der Waals surface area (Å²) in [6.45, 7) is 1.03. The Kier molecular flexibility index (Phi) is 7.14. The second-order valence-corrected chi connectivity index (χ2v) is 7.66. The van der Waals surface area contributed by atoms with Gasteiger partial charge in [0.2, 0.25) is 0 Å². The number of hydrogen-bond acceptors (Lipinski definition) is 3. The molecule has 0 amide bonds. The summed E-state index contributed by atoms with van der Waals surface area (Å²) in [7, 11) is 0. The predicted molar refractivity (Wildman–Crippen MR) is 116 cm³/mol. The summed E-state index contributed by atoms with van der Waals surface area (Å²) in [6.07, 6.45) is -1.63. The van der Waals surface area contributed by atoms with Gasteiger partial charge < -0.3 is 15.6 Å². The molecule has 0 heterocycles. The molecule has 29 heavy (non-hydrogen) atoms. The zero-order valence-corrected chi connectivity index (χ0v) is 17.4. The standard InChI is InChI=1S/C23H22Cl2FNO2/c1-14(13-26)29-21-12-17(7-9-18(21)15-5-3-2-4-6-15)23(28)22(27)16-8-10-19(24)20(25)11-16/h2-12,14,22-23,28H,13,27H2,1H3. The van der Waals surface area contributed by atoms with Gasteiger partial charge in [0.15, 0.2) is 0 Å². The summed E-state index contributed by atoms with van der Waals surface area (Å²) < 4.78 is 18.9. The van der Waals surface area contributed by atoms with Crippen molar-refractivity contribution in [2.75, 3.05) is 6.67 Å². The van der Waals surface area contributed by atoms with Crippen LogP contribution in [0.15, 0.2) is 66.7 Å². The molecular formula is C23H22Cl2FNO2. The van der Waals surface area contributed by atoms with Crippen LogP contribution in [-0.4, -0.2) is 17.9 Å². The second-order valence-electron chi connectivity index (χ2n) is 6.85. The van der Waals surface area contributed by atoms with Crippen molar-refractivity contribution < 1.29 is 14.2 Å². The minimum absolute atomic E-state index is 0.368. The number of halogens is 3. The van der Waals surface area contributed by atoms with Crippen molar-refractivity contribution in [1.82, 2.24) is 0 Å². The highest BCUT2D eigenvalue weighted by molar-refractivity contribution is 6.42. The third-order valence-corrected chi connectivity index (χ3v) is 5.39. The van der Waals surface area contributed by atoms with Gasteiger partial charge in [-0.25, -0.2) is 4.39 Å². The number of ether oxygens (including phenoxy) is 1. The van der Waals surface area contributed by atoms with Gasteiger partial charge in [0.25, 0.3) is 0 Å². The maximum atomic E-state index is 13.1. The Morgan fingerprint density at radius 1 is 0.966 bits per heavy atom. The molecule has 0 saturated carbocycles. The third kappa shape index (κ3) is 5.09. The SMILES string of the molecule is CC(CF)Oc1cc(C(O)C(N)c2ccc(Cl)c(Cl)c2)ccc1-c1ccccc1. The van der Waals surface area contributed by atoms with E-state index in [0.29, 0.717) is 26.9 Å². The molecule has 0 aromatic heterocycles. The normalized spacial score (nSPS) is 14.3. The van der Waals surface area contributed by atoms with Gasteiger partial charge in [-0.15, -0.1) is 0 Å². The van der Waals surface area contributed by atoms with Crippen LogP contribution in [0.4, 0.5) is 4.39 Å². The summed E-state index contributed by atoms with van der Waals surface area (Å²) in [5, 5.41) is 11.6. The van der Waals surface area contributed by atoms with Crippen LogP contribution >= 0.6 is 23.2 Å². The van der Waals surface area contributed by atoms with Crippen LogP contribution < -0.4 is 10.5 Å². The van der Waals surface area contributed by atoms with Gasteiger partial charge in [0.05, 0.1) is 22.2 Å². The molecule has 3 nitrogen and oxygen atoms in total. The van der Waals surface area contributed by atoms with Gasteiger partial charge in [0.1, 0.15) is 18.5 Å².